The molecule has 0 bridgehead atoms. The maximum atomic E-state index is 15.5. The molecule has 0 unspecified atom stereocenters. The molecule has 7 heteroatoms. The van der Waals surface area contributed by atoms with Crippen LogP contribution >= 0.6 is 0 Å². The number of carbonyl (C=O) groups is 1. The van der Waals surface area contributed by atoms with Crippen molar-refractivity contribution < 1.29 is 23.4 Å². The van der Waals surface area contributed by atoms with Crippen molar-refractivity contribution in [1.29, 1.82) is 0 Å². The van der Waals surface area contributed by atoms with Gasteiger partial charge in [-0.2, -0.15) is 0 Å². The maximum Gasteiger partial charge on any atom is 0.410 e. The van der Waals surface area contributed by atoms with Gasteiger partial charge in [0.2, 0.25) is 0 Å². The highest BCUT2D eigenvalue weighted by Gasteiger charge is 2.29. The van der Waals surface area contributed by atoms with Gasteiger partial charge in [0.1, 0.15) is 12.2 Å². The average molecular weight is 445 g/mol. The number of hydrogen-bond donors (Lipinski definition) is 1. The lowest BCUT2D eigenvalue weighted by Crippen LogP contribution is -2.48. The summed E-state index contributed by atoms with van der Waals surface area (Å²) in [6.45, 7) is 9.29. The summed E-state index contributed by atoms with van der Waals surface area (Å²) in [6.07, 6.45) is -0.173. The van der Waals surface area contributed by atoms with Gasteiger partial charge in [-0.05, 0) is 44.9 Å². The normalized spacial score (nSPS) is 16.7. The van der Waals surface area contributed by atoms with Crippen LogP contribution in [0.15, 0.2) is 36.4 Å². The molecule has 0 radical (unpaired) electrons. The Kier molecular flexibility index (Phi) is 7.74. The Morgan fingerprint density at radius 1 is 1.28 bits per heavy atom. The molecule has 0 aliphatic carbocycles. The van der Waals surface area contributed by atoms with E-state index in [1.165, 1.54) is 0 Å². The van der Waals surface area contributed by atoms with Gasteiger partial charge in [0.05, 0.1) is 19.3 Å². The summed E-state index contributed by atoms with van der Waals surface area (Å²) in [5.74, 6) is -0.239. The monoisotopic (exact) mass is 444 g/mol. The third-order valence-electron chi connectivity index (χ3n) is 5.11. The van der Waals surface area contributed by atoms with Crippen LogP contribution in [0.1, 0.15) is 31.9 Å². The molecule has 1 heterocycles. The predicted octanol–water partition coefficient (Wildman–Crippen LogP) is 4.32. The van der Waals surface area contributed by atoms with E-state index in [0.717, 1.165) is 16.7 Å². The first-order chi connectivity index (χ1) is 15.2. The van der Waals surface area contributed by atoms with Gasteiger partial charge in [-0.25, -0.2) is 9.18 Å². The molecule has 3 rings (SSSR count). The first-order valence-electron chi connectivity index (χ1n) is 11.0. The Hall–Kier alpha value is -2.64. The minimum atomic E-state index is -0.564. The summed E-state index contributed by atoms with van der Waals surface area (Å²) in [5.41, 5.74) is 8.04. The Balaban J connectivity index is 1.87. The highest BCUT2D eigenvalue weighted by Crippen LogP contribution is 2.34. The van der Waals surface area contributed by atoms with Crippen LogP contribution in [0.4, 0.5) is 9.18 Å². The van der Waals surface area contributed by atoms with Crippen LogP contribution in [-0.4, -0.2) is 55.5 Å². The number of ether oxygens (including phenoxy) is 3. The van der Waals surface area contributed by atoms with Crippen LogP contribution < -0.4 is 10.5 Å². The third-order valence-corrected chi connectivity index (χ3v) is 5.11. The molecule has 0 saturated carbocycles. The van der Waals surface area contributed by atoms with E-state index in [1.807, 2.05) is 58.0 Å². The summed E-state index contributed by atoms with van der Waals surface area (Å²) in [4.78, 5) is 14.2. The first kappa shape index (κ1) is 24.0. The molecular formula is C25H33FN2O4. The highest BCUT2D eigenvalue weighted by atomic mass is 19.1. The molecule has 1 atom stereocenters. The van der Waals surface area contributed by atoms with E-state index in [1.54, 1.807) is 11.0 Å². The SMILES string of the molecule is Cc1cccc(-c2c(C[C@@H]3CN(C(=O)OC(C)(C)C)CCO3)ccc(OCCN)c2F)c1. The minimum absolute atomic E-state index is 0.177. The fourth-order valence-corrected chi connectivity index (χ4v) is 3.74. The van der Waals surface area contributed by atoms with E-state index < -0.39 is 11.4 Å². The number of morpholine rings is 1. The molecule has 1 fully saturated rings. The van der Waals surface area contributed by atoms with Crippen LogP contribution in [0.3, 0.4) is 0 Å². The van der Waals surface area contributed by atoms with Crippen molar-refractivity contribution in [1.82, 2.24) is 4.90 Å². The lowest BCUT2D eigenvalue weighted by atomic mass is 9.93. The number of halogens is 1. The zero-order valence-corrected chi connectivity index (χ0v) is 19.3. The number of benzene rings is 2. The largest absolute Gasteiger partial charge is 0.489 e. The van der Waals surface area contributed by atoms with Crippen molar-refractivity contribution in [3.05, 3.63) is 53.3 Å². The van der Waals surface area contributed by atoms with Gasteiger partial charge in [0.25, 0.3) is 0 Å². The predicted molar refractivity (Wildman–Crippen MR) is 122 cm³/mol. The molecular weight excluding hydrogens is 411 g/mol. The Morgan fingerprint density at radius 2 is 2.06 bits per heavy atom. The summed E-state index contributed by atoms with van der Waals surface area (Å²) < 4.78 is 32.5. The summed E-state index contributed by atoms with van der Waals surface area (Å²) >= 11 is 0. The lowest BCUT2D eigenvalue weighted by Gasteiger charge is -2.34. The van der Waals surface area contributed by atoms with E-state index in [9.17, 15) is 4.79 Å². The van der Waals surface area contributed by atoms with Crippen LogP contribution in [-0.2, 0) is 15.9 Å². The molecule has 0 aromatic heterocycles. The molecule has 2 N–H and O–H groups in total. The van der Waals surface area contributed by atoms with Gasteiger partial charge in [-0.3, -0.25) is 0 Å². The smallest absolute Gasteiger partial charge is 0.410 e. The van der Waals surface area contributed by atoms with Crippen molar-refractivity contribution in [2.75, 3.05) is 32.8 Å². The zero-order chi connectivity index (χ0) is 23.3. The second-order valence-corrected chi connectivity index (χ2v) is 9.04. The number of nitrogens with two attached hydrogens (primary N) is 1. The van der Waals surface area contributed by atoms with Crippen LogP contribution in [0.25, 0.3) is 11.1 Å². The molecule has 1 aliphatic heterocycles. The van der Waals surface area contributed by atoms with Crippen LogP contribution in [0.2, 0.25) is 0 Å². The van der Waals surface area contributed by atoms with Gasteiger partial charge < -0.3 is 24.8 Å². The molecule has 2 aromatic rings. The fourth-order valence-electron chi connectivity index (χ4n) is 3.74. The topological polar surface area (TPSA) is 74.0 Å². The van der Waals surface area contributed by atoms with Crippen molar-refractivity contribution in [2.45, 2.75) is 45.8 Å². The average Bonchev–Trinajstić information content (AvgIpc) is 2.72. The highest BCUT2D eigenvalue weighted by molar-refractivity contribution is 5.71. The molecule has 1 amide bonds. The van der Waals surface area contributed by atoms with Crippen molar-refractivity contribution in [3.8, 4) is 16.9 Å². The summed E-state index contributed by atoms with van der Waals surface area (Å²) in [7, 11) is 0. The standard InChI is InChI=1S/C25H33FN2O4/c1-17-6-5-7-18(14-17)22-19(8-9-21(23(22)26)31-12-10-27)15-20-16-28(11-13-30-20)24(29)32-25(2,3)4/h5-9,14,20H,10-13,15-16,27H2,1-4H3/t20-/m1/s1. The molecule has 174 valence electrons. The van der Waals surface area contributed by atoms with Crippen molar-refractivity contribution in [3.63, 3.8) is 0 Å². The van der Waals surface area contributed by atoms with Gasteiger partial charge in [0, 0.05) is 25.1 Å². The van der Waals surface area contributed by atoms with E-state index in [4.69, 9.17) is 19.9 Å². The van der Waals surface area contributed by atoms with Gasteiger partial charge in [0.15, 0.2) is 11.6 Å². The fraction of sp³-hybridized carbons (Fsp3) is 0.480. The minimum Gasteiger partial charge on any atom is -0.489 e. The van der Waals surface area contributed by atoms with Gasteiger partial charge in [-0.1, -0.05) is 35.9 Å². The molecule has 32 heavy (non-hydrogen) atoms. The number of amides is 1. The summed E-state index contributed by atoms with van der Waals surface area (Å²) in [5, 5.41) is 0. The van der Waals surface area contributed by atoms with Crippen LogP contribution in [0, 0.1) is 12.7 Å². The molecule has 1 aliphatic rings. The molecule has 6 nitrogen and oxygen atoms in total. The maximum absolute atomic E-state index is 15.5. The number of nitrogens with zero attached hydrogens (tertiary/aromatic N) is 1. The van der Waals surface area contributed by atoms with Gasteiger partial charge >= 0.3 is 6.09 Å². The molecule has 0 spiro atoms. The van der Waals surface area contributed by atoms with E-state index >= 15 is 4.39 Å². The Labute approximate surface area is 189 Å². The number of carbonyl (C=O) groups excluding carboxylic acids is 1. The van der Waals surface area contributed by atoms with E-state index in [0.29, 0.717) is 38.2 Å². The number of aryl methyl sites for hydroxylation is 1. The zero-order valence-electron chi connectivity index (χ0n) is 19.3. The quantitative estimate of drug-likeness (QED) is 0.718. The second-order valence-electron chi connectivity index (χ2n) is 9.04. The third kappa shape index (κ3) is 6.20. The molecule has 1 saturated heterocycles. The van der Waals surface area contributed by atoms with E-state index in [-0.39, 0.29) is 24.6 Å². The van der Waals surface area contributed by atoms with Crippen LogP contribution in [0.5, 0.6) is 5.75 Å². The summed E-state index contributed by atoms with van der Waals surface area (Å²) in [6, 6.07) is 11.2. The van der Waals surface area contributed by atoms with Gasteiger partial charge in [-0.15, -0.1) is 0 Å². The number of hydrogen-bond acceptors (Lipinski definition) is 5. The van der Waals surface area contributed by atoms with Crippen molar-refractivity contribution >= 4 is 6.09 Å². The number of rotatable bonds is 6. The Bertz CT molecular complexity index is 942. The second kappa shape index (κ2) is 10.3. The first-order valence-corrected chi connectivity index (χ1v) is 11.0. The van der Waals surface area contributed by atoms with Crippen molar-refractivity contribution in [2.24, 2.45) is 5.73 Å². The lowest BCUT2D eigenvalue weighted by molar-refractivity contribution is -0.0415. The Morgan fingerprint density at radius 3 is 2.75 bits per heavy atom. The molecule has 2 aromatic carbocycles. The van der Waals surface area contributed by atoms with E-state index in [2.05, 4.69) is 0 Å².